The van der Waals surface area contributed by atoms with Gasteiger partial charge in [-0.3, -0.25) is 9.36 Å². The fourth-order valence-corrected chi connectivity index (χ4v) is 3.54. The largest absolute Gasteiger partial charge is 0.338 e. The monoisotopic (exact) mass is 334 g/mol. The first kappa shape index (κ1) is 15.6. The number of benzene rings is 1. The lowest BCUT2D eigenvalue weighted by Gasteiger charge is -2.16. The molecule has 1 rings (SSSR count). The van der Waals surface area contributed by atoms with Crippen molar-refractivity contribution in [3.8, 4) is 0 Å². The van der Waals surface area contributed by atoms with E-state index >= 15 is 0 Å². The third-order valence-corrected chi connectivity index (χ3v) is 4.83. The van der Waals surface area contributed by atoms with E-state index in [9.17, 15) is 9.36 Å². The molecule has 0 aliphatic carbocycles. The van der Waals surface area contributed by atoms with Gasteiger partial charge in [0.25, 0.3) is 0 Å². The maximum atomic E-state index is 12.2. The van der Waals surface area contributed by atoms with Gasteiger partial charge >= 0.3 is 7.60 Å². The first-order valence-corrected chi connectivity index (χ1v) is 8.20. The molecule has 0 heterocycles. The van der Waals surface area contributed by atoms with E-state index in [0.29, 0.717) is 10.0 Å². The molecule has 0 aliphatic rings. The molecule has 0 aliphatic heterocycles. The van der Waals surface area contributed by atoms with Crippen LogP contribution in [0.1, 0.15) is 24.2 Å². The molecule has 0 bridgehead atoms. The minimum absolute atomic E-state index is 0.239. The summed E-state index contributed by atoms with van der Waals surface area (Å²) in [6, 6.07) is 7.00. The van der Waals surface area contributed by atoms with Gasteiger partial charge in [-0.15, -0.1) is 0 Å². The summed E-state index contributed by atoms with van der Waals surface area (Å²) >= 11 is 3.29. The Morgan fingerprint density at radius 1 is 1.22 bits per heavy atom. The molecule has 0 radical (unpaired) electrons. The van der Waals surface area contributed by atoms with Gasteiger partial charge in [-0.1, -0.05) is 34.1 Å². The summed E-state index contributed by atoms with van der Waals surface area (Å²) in [6.45, 7) is 3.93. The molecule has 0 N–H and O–H groups in total. The van der Waals surface area contributed by atoms with Crippen LogP contribution in [0.15, 0.2) is 28.7 Å². The van der Waals surface area contributed by atoms with E-state index in [1.165, 1.54) is 0 Å². The number of Topliss-reactive ketones (excluding diaryl/α,β-unsaturated/α-hetero) is 1. The number of carbonyl (C=O) groups excluding carboxylic acids is 1. The van der Waals surface area contributed by atoms with E-state index in [1.54, 1.807) is 32.0 Å². The molecule has 1 aromatic carbocycles. The molecule has 0 spiro atoms. The molecule has 4 nitrogen and oxygen atoms in total. The van der Waals surface area contributed by atoms with Gasteiger partial charge < -0.3 is 9.05 Å². The smallest absolute Gasteiger partial charge is 0.309 e. The summed E-state index contributed by atoms with van der Waals surface area (Å²) in [5, 5.41) is 0. The lowest BCUT2D eigenvalue weighted by molar-refractivity contribution is 0.100. The Labute approximate surface area is 115 Å². The summed E-state index contributed by atoms with van der Waals surface area (Å²) in [7, 11) is -3.33. The van der Waals surface area contributed by atoms with Crippen molar-refractivity contribution in [1.29, 1.82) is 0 Å². The van der Waals surface area contributed by atoms with Crippen LogP contribution in [0.5, 0.6) is 0 Å². The molecule has 0 saturated carbocycles. The lowest BCUT2D eigenvalue weighted by Crippen LogP contribution is -2.10. The average molecular weight is 335 g/mol. The van der Waals surface area contributed by atoms with E-state index < -0.39 is 7.60 Å². The van der Waals surface area contributed by atoms with E-state index in [0.717, 1.165) is 0 Å². The van der Waals surface area contributed by atoms with Crippen LogP contribution >= 0.6 is 23.5 Å². The van der Waals surface area contributed by atoms with Crippen LogP contribution in [0.3, 0.4) is 0 Å². The Morgan fingerprint density at radius 3 is 2.28 bits per heavy atom. The molecule has 0 fully saturated rings. The molecule has 0 unspecified atom stereocenters. The maximum absolute atomic E-state index is 12.2. The molecule has 1 aromatic rings. The highest BCUT2D eigenvalue weighted by molar-refractivity contribution is 9.10. The summed E-state index contributed by atoms with van der Waals surface area (Å²) in [6.07, 6.45) is -0.239. The Morgan fingerprint density at radius 2 is 1.78 bits per heavy atom. The standard InChI is InChI=1S/C12H16BrO4P/c1-3-16-18(15,17-4-2)9-12(14)10-7-5-6-8-11(10)13/h5-8H,3-4,9H2,1-2H3. The third kappa shape index (κ3) is 4.32. The minimum Gasteiger partial charge on any atom is -0.309 e. The third-order valence-electron chi connectivity index (χ3n) is 2.16. The van der Waals surface area contributed by atoms with Crippen molar-refractivity contribution in [3.05, 3.63) is 34.3 Å². The summed E-state index contributed by atoms with van der Waals surface area (Å²) in [5.41, 5.74) is 0.483. The highest BCUT2D eigenvalue weighted by Crippen LogP contribution is 2.48. The lowest BCUT2D eigenvalue weighted by atomic mass is 10.1. The van der Waals surface area contributed by atoms with Gasteiger partial charge in [0.1, 0.15) is 6.16 Å². The number of carbonyl (C=O) groups is 1. The number of hydrogen-bond donors (Lipinski definition) is 0. The molecule has 6 heteroatoms. The molecular formula is C12H16BrO4P. The molecule has 18 heavy (non-hydrogen) atoms. The van der Waals surface area contributed by atoms with E-state index in [2.05, 4.69) is 15.9 Å². The normalized spacial score (nSPS) is 11.5. The number of rotatable bonds is 7. The summed E-state index contributed by atoms with van der Waals surface area (Å²) < 4.78 is 23.1. The number of hydrogen-bond acceptors (Lipinski definition) is 4. The Balaban J connectivity index is 2.85. The van der Waals surface area contributed by atoms with Gasteiger partial charge in [0.2, 0.25) is 0 Å². The van der Waals surface area contributed by atoms with Gasteiger partial charge in [-0.2, -0.15) is 0 Å². The highest BCUT2D eigenvalue weighted by Gasteiger charge is 2.28. The van der Waals surface area contributed by atoms with Crippen LogP contribution in [0.2, 0.25) is 0 Å². The van der Waals surface area contributed by atoms with E-state index in [-0.39, 0.29) is 25.2 Å². The Bertz CT molecular complexity index is 451. The topological polar surface area (TPSA) is 52.6 Å². The second-order valence-electron chi connectivity index (χ2n) is 3.51. The predicted molar refractivity (Wildman–Crippen MR) is 74.2 cm³/mol. The fraction of sp³-hybridized carbons (Fsp3) is 0.417. The molecule has 0 atom stereocenters. The maximum Gasteiger partial charge on any atom is 0.338 e. The first-order chi connectivity index (χ1) is 8.52. The van der Waals surface area contributed by atoms with Crippen molar-refractivity contribution >= 4 is 29.3 Å². The van der Waals surface area contributed by atoms with Crippen LogP contribution in [-0.2, 0) is 13.6 Å². The minimum atomic E-state index is -3.33. The van der Waals surface area contributed by atoms with Crippen LogP contribution < -0.4 is 0 Å². The van der Waals surface area contributed by atoms with Crippen molar-refractivity contribution in [2.75, 3.05) is 19.4 Å². The molecule has 0 amide bonds. The number of ketones is 1. The van der Waals surface area contributed by atoms with E-state index in [1.807, 2.05) is 6.07 Å². The van der Waals surface area contributed by atoms with Crippen molar-refractivity contribution in [2.45, 2.75) is 13.8 Å². The fourth-order valence-electron chi connectivity index (χ4n) is 1.47. The first-order valence-electron chi connectivity index (χ1n) is 5.68. The van der Waals surface area contributed by atoms with Crippen molar-refractivity contribution in [2.24, 2.45) is 0 Å². The van der Waals surface area contributed by atoms with Gasteiger partial charge in [0.15, 0.2) is 5.78 Å². The quantitative estimate of drug-likeness (QED) is 0.560. The summed E-state index contributed by atoms with van der Waals surface area (Å²) in [4.78, 5) is 12.1. The zero-order valence-electron chi connectivity index (χ0n) is 10.4. The highest BCUT2D eigenvalue weighted by atomic mass is 79.9. The predicted octanol–water partition coefficient (Wildman–Crippen LogP) is 3.90. The van der Waals surface area contributed by atoms with Crippen molar-refractivity contribution in [1.82, 2.24) is 0 Å². The van der Waals surface area contributed by atoms with Gasteiger partial charge in [0, 0.05) is 10.0 Å². The second-order valence-corrected chi connectivity index (χ2v) is 6.42. The van der Waals surface area contributed by atoms with Crippen LogP contribution in [0.25, 0.3) is 0 Å². The SMILES string of the molecule is CCOP(=O)(CC(=O)c1ccccc1Br)OCC. The zero-order valence-corrected chi connectivity index (χ0v) is 12.9. The van der Waals surface area contributed by atoms with Gasteiger partial charge in [0.05, 0.1) is 13.2 Å². The van der Waals surface area contributed by atoms with Crippen LogP contribution in [0.4, 0.5) is 0 Å². The second kappa shape index (κ2) is 7.19. The number of halogens is 1. The van der Waals surface area contributed by atoms with Gasteiger partial charge in [-0.25, -0.2) is 0 Å². The van der Waals surface area contributed by atoms with Gasteiger partial charge in [-0.05, 0) is 19.9 Å². The summed E-state index contributed by atoms with van der Waals surface area (Å²) in [5.74, 6) is -0.257. The Kier molecular flexibility index (Phi) is 6.22. The molecule has 100 valence electrons. The zero-order chi connectivity index (χ0) is 13.6. The van der Waals surface area contributed by atoms with E-state index in [4.69, 9.17) is 9.05 Å². The molecular weight excluding hydrogens is 319 g/mol. The van der Waals surface area contributed by atoms with Crippen LogP contribution in [0, 0.1) is 0 Å². The average Bonchev–Trinajstić information content (AvgIpc) is 2.29. The Hall–Kier alpha value is -0.480. The molecule has 0 aromatic heterocycles. The van der Waals surface area contributed by atoms with Crippen molar-refractivity contribution in [3.63, 3.8) is 0 Å². The molecule has 0 saturated heterocycles. The van der Waals surface area contributed by atoms with Crippen molar-refractivity contribution < 1.29 is 18.4 Å². The van der Waals surface area contributed by atoms with Crippen LogP contribution in [-0.4, -0.2) is 25.2 Å².